The Morgan fingerprint density at radius 3 is 2.25 bits per heavy atom. The van der Waals surface area contributed by atoms with Crippen LogP contribution in [0.15, 0.2) is 48.5 Å². The Labute approximate surface area is 130 Å². The van der Waals surface area contributed by atoms with Gasteiger partial charge in [-0.3, -0.25) is 9.67 Å². The molecule has 3 aromatic rings. The zero-order valence-electron chi connectivity index (χ0n) is 10.2. The summed E-state index contributed by atoms with van der Waals surface area (Å²) in [7, 11) is 0. The van der Waals surface area contributed by atoms with Crippen LogP contribution in [0.2, 0.25) is 10.0 Å². The second kappa shape index (κ2) is 5.40. The van der Waals surface area contributed by atoms with Crippen molar-refractivity contribution < 1.29 is 0 Å². The van der Waals surface area contributed by atoms with Crippen LogP contribution in [0.5, 0.6) is 0 Å². The fourth-order valence-electron chi connectivity index (χ4n) is 1.99. The summed E-state index contributed by atoms with van der Waals surface area (Å²) in [5.74, 6) is 0.672. The highest BCUT2D eigenvalue weighted by Crippen LogP contribution is 2.31. The van der Waals surface area contributed by atoms with Crippen LogP contribution in [0, 0.1) is 4.77 Å². The van der Waals surface area contributed by atoms with Crippen LogP contribution in [0.4, 0.5) is 0 Å². The number of hydrogen-bond acceptors (Lipinski definition) is 2. The average molecular weight is 322 g/mol. The fourth-order valence-corrected chi connectivity index (χ4v) is 2.78. The predicted octanol–water partition coefficient (Wildman–Crippen LogP) is 4.90. The smallest absolute Gasteiger partial charge is 0.200 e. The van der Waals surface area contributed by atoms with E-state index in [0.717, 1.165) is 5.56 Å². The third kappa shape index (κ3) is 2.26. The van der Waals surface area contributed by atoms with E-state index in [1.165, 1.54) is 0 Å². The van der Waals surface area contributed by atoms with Gasteiger partial charge in [0.15, 0.2) is 10.6 Å². The molecule has 3 nitrogen and oxygen atoms in total. The first-order valence-electron chi connectivity index (χ1n) is 5.85. The Hall–Kier alpha value is -1.62. The van der Waals surface area contributed by atoms with Crippen molar-refractivity contribution in [2.75, 3.05) is 0 Å². The number of benzene rings is 2. The Morgan fingerprint density at radius 2 is 1.60 bits per heavy atom. The molecule has 0 aliphatic carbocycles. The first-order valence-corrected chi connectivity index (χ1v) is 7.02. The lowest BCUT2D eigenvalue weighted by molar-refractivity contribution is 1.04. The van der Waals surface area contributed by atoms with Gasteiger partial charge in [0, 0.05) is 5.56 Å². The maximum Gasteiger partial charge on any atom is 0.200 e. The topological polar surface area (TPSA) is 33.6 Å². The van der Waals surface area contributed by atoms with Crippen molar-refractivity contribution >= 4 is 35.4 Å². The van der Waals surface area contributed by atoms with E-state index in [2.05, 4.69) is 10.2 Å². The summed E-state index contributed by atoms with van der Waals surface area (Å²) in [5.41, 5.74) is 1.56. The van der Waals surface area contributed by atoms with Gasteiger partial charge in [-0.15, -0.1) is 0 Å². The molecule has 100 valence electrons. The maximum absolute atomic E-state index is 6.26. The highest BCUT2D eigenvalue weighted by atomic mass is 35.5. The average Bonchev–Trinajstić information content (AvgIpc) is 2.82. The summed E-state index contributed by atoms with van der Waals surface area (Å²) in [6.07, 6.45) is 0. The molecule has 1 N–H and O–H groups in total. The molecule has 0 aliphatic rings. The van der Waals surface area contributed by atoms with Crippen molar-refractivity contribution in [3.63, 3.8) is 0 Å². The second-order valence-corrected chi connectivity index (χ2v) is 5.33. The summed E-state index contributed by atoms with van der Waals surface area (Å²) in [6, 6.07) is 15.0. The third-order valence-corrected chi connectivity index (χ3v) is 3.75. The lowest BCUT2D eigenvalue weighted by atomic mass is 10.2. The number of halogens is 2. The molecular formula is C14H9Cl2N3S. The molecular weight excluding hydrogens is 313 g/mol. The van der Waals surface area contributed by atoms with Crippen LogP contribution in [0.1, 0.15) is 0 Å². The summed E-state index contributed by atoms with van der Waals surface area (Å²) < 4.78 is 2.19. The molecule has 2 aromatic carbocycles. The van der Waals surface area contributed by atoms with Crippen LogP contribution in [-0.4, -0.2) is 14.8 Å². The Balaban J connectivity index is 2.31. The van der Waals surface area contributed by atoms with Crippen LogP contribution >= 0.6 is 35.4 Å². The van der Waals surface area contributed by atoms with E-state index in [0.29, 0.717) is 26.3 Å². The molecule has 0 atom stereocenters. The highest BCUT2D eigenvalue weighted by molar-refractivity contribution is 7.71. The van der Waals surface area contributed by atoms with E-state index in [4.69, 9.17) is 35.4 Å². The summed E-state index contributed by atoms with van der Waals surface area (Å²) in [4.78, 5) is 0. The van der Waals surface area contributed by atoms with Gasteiger partial charge in [0.25, 0.3) is 0 Å². The predicted molar refractivity (Wildman–Crippen MR) is 84.2 cm³/mol. The minimum Gasteiger partial charge on any atom is -0.265 e. The van der Waals surface area contributed by atoms with Gasteiger partial charge in [0.05, 0.1) is 15.7 Å². The fraction of sp³-hybridized carbons (Fsp3) is 0. The monoisotopic (exact) mass is 321 g/mol. The van der Waals surface area contributed by atoms with E-state index < -0.39 is 0 Å². The lowest BCUT2D eigenvalue weighted by Crippen LogP contribution is -1.99. The molecule has 1 heterocycles. The van der Waals surface area contributed by atoms with E-state index in [9.17, 15) is 0 Å². The van der Waals surface area contributed by atoms with Crippen LogP contribution in [-0.2, 0) is 0 Å². The minimum atomic E-state index is 0.443. The first kappa shape index (κ1) is 13.4. The van der Waals surface area contributed by atoms with E-state index in [-0.39, 0.29) is 0 Å². The van der Waals surface area contributed by atoms with Crippen molar-refractivity contribution in [3.8, 4) is 17.1 Å². The molecule has 6 heteroatoms. The summed E-state index contributed by atoms with van der Waals surface area (Å²) in [6.45, 7) is 0. The third-order valence-electron chi connectivity index (χ3n) is 2.87. The zero-order valence-corrected chi connectivity index (χ0v) is 12.5. The van der Waals surface area contributed by atoms with Gasteiger partial charge in [-0.05, 0) is 24.4 Å². The molecule has 1 aromatic heterocycles. The Kier molecular flexibility index (Phi) is 3.61. The van der Waals surface area contributed by atoms with Gasteiger partial charge in [-0.2, -0.15) is 5.10 Å². The van der Waals surface area contributed by atoms with Crippen molar-refractivity contribution in [1.29, 1.82) is 0 Å². The molecule has 0 saturated carbocycles. The summed E-state index contributed by atoms with van der Waals surface area (Å²) >= 11 is 17.8. The number of aromatic nitrogens is 3. The number of para-hydroxylation sites is 1. The van der Waals surface area contributed by atoms with Gasteiger partial charge >= 0.3 is 0 Å². The zero-order chi connectivity index (χ0) is 14.1. The molecule has 0 fully saturated rings. The number of H-pyrrole nitrogens is 1. The molecule has 3 rings (SSSR count). The SMILES string of the molecule is S=c1[nH]nc(-c2ccccc2)n1-c1c(Cl)cccc1Cl. The van der Waals surface area contributed by atoms with E-state index >= 15 is 0 Å². The number of rotatable bonds is 2. The standard InChI is InChI=1S/C14H9Cl2N3S/c15-10-7-4-8-11(16)12(10)19-13(17-18-14(19)20)9-5-2-1-3-6-9/h1-8H,(H,18,20). The molecule has 0 unspecified atom stereocenters. The van der Waals surface area contributed by atoms with Gasteiger partial charge in [-0.25, -0.2) is 0 Å². The van der Waals surface area contributed by atoms with E-state index in [1.54, 1.807) is 22.8 Å². The molecule has 0 bridgehead atoms. The van der Waals surface area contributed by atoms with Crippen LogP contribution < -0.4 is 0 Å². The normalized spacial score (nSPS) is 10.7. The van der Waals surface area contributed by atoms with Gasteiger partial charge in [-0.1, -0.05) is 59.6 Å². The first-order chi connectivity index (χ1) is 9.68. The number of nitrogens with one attached hydrogen (secondary N) is 1. The molecule has 0 aliphatic heterocycles. The Bertz CT molecular complexity index is 789. The van der Waals surface area contributed by atoms with Crippen molar-refractivity contribution in [3.05, 3.63) is 63.3 Å². The van der Waals surface area contributed by atoms with Crippen LogP contribution in [0.25, 0.3) is 17.1 Å². The molecule has 0 amide bonds. The highest BCUT2D eigenvalue weighted by Gasteiger charge is 2.15. The molecule has 0 spiro atoms. The molecule has 0 saturated heterocycles. The lowest BCUT2D eigenvalue weighted by Gasteiger charge is -2.10. The maximum atomic E-state index is 6.26. The van der Waals surface area contributed by atoms with Gasteiger partial charge in [0.2, 0.25) is 0 Å². The molecule has 0 radical (unpaired) electrons. The largest absolute Gasteiger partial charge is 0.265 e. The quantitative estimate of drug-likeness (QED) is 0.681. The van der Waals surface area contributed by atoms with Crippen LogP contribution in [0.3, 0.4) is 0 Å². The summed E-state index contributed by atoms with van der Waals surface area (Å²) in [5, 5.41) is 8.10. The van der Waals surface area contributed by atoms with Crippen molar-refractivity contribution in [1.82, 2.24) is 14.8 Å². The number of aromatic amines is 1. The second-order valence-electron chi connectivity index (χ2n) is 4.12. The van der Waals surface area contributed by atoms with Crippen molar-refractivity contribution in [2.45, 2.75) is 0 Å². The number of hydrogen-bond donors (Lipinski definition) is 1. The van der Waals surface area contributed by atoms with Gasteiger partial charge in [0.1, 0.15) is 0 Å². The molecule has 20 heavy (non-hydrogen) atoms. The minimum absolute atomic E-state index is 0.443. The Morgan fingerprint density at radius 1 is 0.950 bits per heavy atom. The van der Waals surface area contributed by atoms with Gasteiger partial charge < -0.3 is 0 Å². The van der Waals surface area contributed by atoms with Crippen molar-refractivity contribution in [2.24, 2.45) is 0 Å². The number of nitrogens with zero attached hydrogens (tertiary/aromatic N) is 2. The van der Waals surface area contributed by atoms with E-state index in [1.807, 2.05) is 30.3 Å².